The Balaban J connectivity index is 2.24. The predicted molar refractivity (Wildman–Crippen MR) is 97.2 cm³/mol. The number of terminal acetylenes is 1. The zero-order valence-electron chi connectivity index (χ0n) is 13.9. The Morgan fingerprint density at radius 1 is 1.20 bits per heavy atom. The first-order valence-corrected chi connectivity index (χ1v) is 7.93. The van der Waals surface area contributed by atoms with Crippen LogP contribution in [0.2, 0.25) is 0 Å². The van der Waals surface area contributed by atoms with Crippen molar-refractivity contribution in [3.63, 3.8) is 0 Å². The summed E-state index contributed by atoms with van der Waals surface area (Å²) in [6.07, 6.45) is 7.46. The molecule has 0 radical (unpaired) electrons. The molecule has 1 atom stereocenters. The third kappa shape index (κ3) is 4.37. The predicted octanol–water partition coefficient (Wildman–Crippen LogP) is 4.04. The number of nitriles is 1. The van der Waals surface area contributed by atoms with Crippen molar-refractivity contribution >= 4 is 5.97 Å². The van der Waals surface area contributed by atoms with Crippen LogP contribution < -0.4 is 0 Å². The Kier molecular flexibility index (Phi) is 6.15. The van der Waals surface area contributed by atoms with E-state index in [9.17, 15) is 10.1 Å². The normalized spacial score (nSPS) is 12.2. The molecule has 0 aliphatic carbocycles. The molecule has 1 unspecified atom stereocenters. The molecule has 0 aromatic heterocycles. The fourth-order valence-electron chi connectivity index (χ4n) is 2.61. The summed E-state index contributed by atoms with van der Waals surface area (Å²) in [5.41, 5.74) is 0.959. The van der Waals surface area contributed by atoms with Crippen molar-refractivity contribution in [1.29, 1.82) is 5.26 Å². The molecular weight excluding hydrogens is 310 g/mol. The molecule has 0 heterocycles. The van der Waals surface area contributed by atoms with Gasteiger partial charge in [0.05, 0.1) is 6.07 Å². The molecule has 0 saturated carbocycles. The van der Waals surface area contributed by atoms with Crippen LogP contribution >= 0.6 is 0 Å². The van der Waals surface area contributed by atoms with E-state index >= 15 is 0 Å². The minimum Gasteiger partial charge on any atom is -0.460 e. The lowest BCUT2D eigenvalue weighted by molar-refractivity contribution is -0.153. The lowest BCUT2D eigenvalue weighted by Crippen LogP contribution is -2.33. The number of allylic oxidation sites excluding steroid dienone is 1. The van der Waals surface area contributed by atoms with Gasteiger partial charge < -0.3 is 4.74 Å². The van der Waals surface area contributed by atoms with E-state index in [1.54, 1.807) is 12.1 Å². The van der Waals surface area contributed by atoms with Gasteiger partial charge in [0.2, 0.25) is 0 Å². The highest BCUT2D eigenvalue weighted by molar-refractivity contribution is 5.81. The van der Waals surface area contributed by atoms with Crippen molar-refractivity contribution in [3.8, 4) is 18.4 Å². The van der Waals surface area contributed by atoms with Gasteiger partial charge in [-0.15, -0.1) is 13.0 Å². The quantitative estimate of drug-likeness (QED) is 0.437. The number of hydrogen-bond donors (Lipinski definition) is 0. The standard InChI is InChI=1S/C22H19NO2/c1-3-14-22(17-23,15-20-13-9-8-12-19(20)4-2)21(24)25-16-18-10-6-5-7-11-18/h2-3,5-13H,1,14-16H2. The molecule has 0 saturated heterocycles. The summed E-state index contributed by atoms with van der Waals surface area (Å²) < 4.78 is 5.42. The van der Waals surface area contributed by atoms with E-state index in [0.717, 1.165) is 11.1 Å². The van der Waals surface area contributed by atoms with Crippen molar-refractivity contribution in [2.24, 2.45) is 5.41 Å². The van der Waals surface area contributed by atoms with Crippen molar-refractivity contribution in [2.75, 3.05) is 0 Å². The van der Waals surface area contributed by atoms with Gasteiger partial charge >= 0.3 is 5.97 Å². The SMILES string of the molecule is C#Cc1ccccc1CC(C#N)(CC=C)C(=O)OCc1ccccc1. The third-order valence-electron chi connectivity index (χ3n) is 3.98. The van der Waals surface area contributed by atoms with Crippen LogP contribution in [-0.4, -0.2) is 5.97 Å². The first-order valence-electron chi connectivity index (χ1n) is 7.93. The smallest absolute Gasteiger partial charge is 0.327 e. The summed E-state index contributed by atoms with van der Waals surface area (Å²) in [6.45, 7) is 3.80. The molecule has 0 aliphatic rings. The lowest BCUT2D eigenvalue weighted by atomic mass is 9.79. The molecule has 124 valence electrons. The second kappa shape index (κ2) is 8.52. The van der Waals surface area contributed by atoms with Crippen LogP contribution in [0.5, 0.6) is 0 Å². The van der Waals surface area contributed by atoms with E-state index in [2.05, 4.69) is 18.6 Å². The van der Waals surface area contributed by atoms with Gasteiger partial charge in [-0.25, -0.2) is 0 Å². The molecule has 0 fully saturated rings. The Hall–Kier alpha value is -3.30. The molecule has 0 amide bonds. The Morgan fingerprint density at radius 2 is 1.88 bits per heavy atom. The monoisotopic (exact) mass is 329 g/mol. The Bertz CT molecular complexity index is 827. The lowest BCUT2D eigenvalue weighted by Gasteiger charge is -2.24. The van der Waals surface area contributed by atoms with Gasteiger partial charge in [0.15, 0.2) is 5.41 Å². The minimum atomic E-state index is -1.34. The molecule has 2 rings (SSSR count). The van der Waals surface area contributed by atoms with Gasteiger partial charge in [-0.05, 0) is 23.6 Å². The molecule has 3 nitrogen and oxygen atoms in total. The molecule has 2 aromatic rings. The maximum atomic E-state index is 12.7. The molecule has 0 aliphatic heterocycles. The maximum absolute atomic E-state index is 12.7. The number of rotatable bonds is 7. The first-order chi connectivity index (χ1) is 12.1. The minimum absolute atomic E-state index is 0.122. The number of carbonyl (C=O) groups is 1. The van der Waals surface area contributed by atoms with E-state index in [1.807, 2.05) is 48.5 Å². The number of benzene rings is 2. The molecule has 25 heavy (non-hydrogen) atoms. The van der Waals surface area contributed by atoms with Crippen LogP contribution in [0.1, 0.15) is 23.1 Å². The van der Waals surface area contributed by atoms with E-state index in [-0.39, 0.29) is 19.4 Å². The van der Waals surface area contributed by atoms with Gasteiger partial charge in [-0.1, -0.05) is 60.5 Å². The van der Waals surface area contributed by atoms with Crippen LogP contribution in [0.15, 0.2) is 67.3 Å². The van der Waals surface area contributed by atoms with Crippen molar-refractivity contribution in [3.05, 3.63) is 83.9 Å². The van der Waals surface area contributed by atoms with Crippen LogP contribution in [0, 0.1) is 29.1 Å². The molecule has 2 aromatic carbocycles. The summed E-state index contributed by atoms with van der Waals surface area (Å²) in [5, 5.41) is 9.75. The van der Waals surface area contributed by atoms with Gasteiger partial charge in [-0.2, -0.15) is 5.26 Å². The summed E-state index contributed by atoms with van der Waals surface area (Å²) in [6, 6.07) is 18.8. The van der Waals surface area contributed by atoms with E-state index in [4.69, 9.17) is 11.2 Å². The van der Waals surface area contributed by atoms with Crippen molar-refractivity contribution < 1.29 is 9.53 Å². The molecule has 0 spiro atoms. The fourth-order valence-corrected chi connectivity index (χ4v) is 2.61. The number of ether oxygens (including phenoxy) is 1. The second-order valence-corrected chi connectivity index (χ2v) is 5.73. The van der Waals surface area contributed by atoms with Gasteiger partial charge in [0.1, 0.15) is 6.61 Å². The van der Waals surface area contributed by atoms with E-state index < -0.39 is 11.4 Å². The van der Waals surface area contributed by atoms with Gasteiger partial charge in [0.25, 0.3) is 0 Å². The summed E-state index contributed by atoms with van der Waals surface area (Å²) >= 11 is 0. The summed E-state index contributed by atoms with van der Waals surface area (Å²) in [5.74, 6) is 2.03. The highest BCUT2D eigenvalue weighted by atomic mass is 16.5. The molecular formula is C22H19NO2. The number of esters is 1. The van der Waals surface area contributed by atoms with E-state index in [0.29, 0.717) is 5.56 Å². The molecule has 0 bridgehead atoms. The topological polar surface area (TPSA) is 50.1 Å². The Morgan fingerprint density at radius 3 is 2.52 bits per heavy atom. The van der Waals surface area contributed by atoms with Gasteiger partial charge in [-0.3, -0.25) is 4.79 Å². The second-order valence-electron chi connectivity index (χ2n) is 5.73. The van der Waals surface area contributed by atoms with Crippen molar-refractivity contribution in [1.82, 2.24) is 0 Å². The summed E-state index contributed by atoms with van der Waals surface area (Å²) in [4.78, 5) is 12.7. The van der Waals surface area contributed by atoms with Crippen LogP contribution in [-0.2, 0) is 22.6 Å². The number of hydrogen-bond acceptors (Lipinski definition) is 3. The zero-order valence-corrected chi connectivity index (χ0v) is 13.9. The Labute approximate surface area is 148 Å². The fraction of sp³-hybridized carbons (Fsp3) is 0.182. The van der Waals surface area contributed by atoms with E-state index in [1.165, 1.54) is 0 Å². The average molecular weight is 329 g/mol. The van der Waals surface area contributed by atoms with Gasteiger partial charge in [0, 0.05) is 12.0 Å². The highest BCUT2D eigenvalue weighted by Crippen LogP contribution is 2.30. The van der Waals surface area contributed by atoms with Crippen LogP contribution in [0.25, 0.3) is 0 Å². The summed E-state index contributed by atoms with van der Waals surface area (Å²) in [7, 11) is 0. The van der Waals surface area contributed by atoms with Crippen molar-refractivity contribution in [2.45, 2.75) is 19.4 Å². The zero-order chi connectivity index (χ0) is 18.1. The number of nitrogens with zero attached hydrogens (tertiary/aromatic N) is 1. The van der Waals surface area contributed by atoms with Crippen LogP contribution in [0.4, 0.5) is 0 Å². The number of carbonyl (C=O) groups excluding carboxylic acids is 1. The average Bonchev–Trinajstić information content (AvgIpc) is 2.66. The molecule has 0 N–H and O–H groups in total. The molecule has 3 heteroatoms. The highest BCUT2D eigenvalue weighted by Gasteiger charge is 2.40. The maximum Gasteiger partial charge on any atom is 0.327 e. The first kappa shape index (κ1) is 18.0. The third-order valence-corrected chi connectivity index (χ3v) is 3.98. The van der Waals surface area contributed by atoms with Crippen LogP contribution in [0.3, 0.4) is 0 Å². The largest absolute Gasteiger partial charge is 0.460 e.